The lowest BCUT2D eigenvalue weighted by Gasteiger charge is -2.04. The molecule has 80 valence electrons. The lowest BCUT2D eigenvalue weighted by Crippen LogP contribution is -2.15. The number of aryl methyl sites for hydroxylation is 2. The third-order valence-corrected chi connectivity index (χ3v) is 2.96. The van der Waals surface area contributed by atoms with Gasteiger partial charge in [0, 0.05) is 18.1 Å². The van der Waals surface area contributed by atoms with E-state index in [1.807, 2.05) is 36.2 Å². The number of thiazole rings is 1. The van der Waals surface area contributed by atoms with Crippen LogP contribution in [0.15, 0.2) is 22.4 Å². The molecule has 0 aliphatic heterocycles. The number of hydrogen-bond acceptors (Lipinski definition) is 3. The summed E-state index contributed by atoms with van der Waals surface area (Å²) in [6.45, 7) is 5.46. The molecule has 0 unspecified atom stereocenters. The molecule has 0 fully saturated rings. The van der Waals surface area contributed by atoms with E-state index in [0.29, 0.717) is 6.54 Å². The van der Waals surface area contributed by atoms with Gasteiger partial charge in [0.15, 0.2) is 0 Å². The summed E-state index contributed by atoms with van der Waals surface area (Å²) in [5, 5.41) is 6.15. The highest BCUT2D eigenvalue weighted by molar-refractivity contribution is 7.07. The van der Waals surface area contributed by atoms with E-state index in [9.17, 15) is 4.79 Å². The number of nitrogens with zero attached hydrogens (tertiary/aromatic N) is 3. The zero-order chi connectivity index (χ0) is 10.8. The molecule has 2 aromatic rings. The third-order valence-electron chi connectivity index (χ3n) is 2.26. The molecule has 0 radical (unpaired) electrons. The summed E-state index contributed by atoms with van der Waals surface area (Å²) in [6, 6.07) is 2.02. The van der Waals surface area contributed by atoms with Crippen LogP contribution in [0.25, 0.3) is 0 Å². The minimum Gasteiger partial charge on any atom is -0.300 e. The highest BCUT2D eigenvalue weighted by Gasteiger charge is 2.05. The van der Waals surface area contributed by atoms with E-state index < -0.39 is 0 Å². The Balaban J connectivity index is 2.31. The Morgan fingerprint density at radius 1 is 1.53 bits per heavy atom. The van der Waals surface area contributed by atoms with Gasteiger partial charge in [-0.15, -0.1) is 0 Å². The van der Waals surface area contributed by atoms with Crippen molar-refractivity contribution in [3.05, 3.63) is 38.7 Å². The van der Waals surface area contributed by atoms with Crippen LogP contribution in [0, 0.1) is 6.92 Å². The minimum absolute atomic E-state index is 0.0801. The summed E-state index contributed by atoms with van der Waals surface area (Å²) in [7, 11) is 0. The Kier molecular flexibility index (Phi) is 2.73. The predicted octanol–water partition coefficient (Wildman–Crippen LogP) is 1.48. The molecule has 0 aliphatic rings. The maximum Gasteiger partial charge on any atom is 0.307 e. The Labute approximate surface area is 91.8 Å². The maximum atomic E-state index is 11.4. The van der Waals surface area contributed by atoms with Crippen LogP contribution in [0.5, 0.6) is 0 Å². The fourth-order valence-corrected chi connectivity index (χ4v) is 2.17. The molecule has 2 heterocycles. The standard InChI is InChI=1S/C10H13N3OS/c1-3-13-9(6-8(2)11-13)7-12-4-5-15-10(12)14/h4-6H,3,7H2,1-2H3. The van der Waals surface area contributed by atoms with Crippen molar-refractivity contribution in [2.24, 2.45) is 0 Å². The van der Waals surface area contributed by atoms with Gasteiger partial charge in [-0.1, -0.05) is 11.3 Å². The van der Waals surface area contributed by atoms with Crippen LogP contribution in [-0.2, 0) is 13.1 Å². The molecule has 15 heavy (non-hydrogen) atoms. The molecule has 0 aliphatic carbocycles. The zero-order valence-electron chi connectivity index (χ0n) is 8.80. The van der Waals surface area contributed by atoms with Crippen LogP contribution in [0.1, 0.15) is 18.3 Å². The molecule has 0 atom stereocenters. The Morgan fingerprint density at radius 2 is 2.33 bits per heavy atom. The highest BCUT2D eigenvalue weighted by atomic mass is 32.1. The fraction of sp³-hybridized carbons (Fsp3) is 0.400. The van der Waals surface area contributed by atoms with Crippen molar-refractivity contribution >= 4 is 11.3 Å². The van der Waals surface area contributed by atoms with Crippen molar-refractivity contribution in [2.75, 3.05) is 0 Å². The molecule has 0 bridgehead atoms. The Bertz CT molecular complexity index is 509. The van der Waals surface area contributed by atoms with Crippen LogP contribution >= 0.6 is 11.3 Å². The van der Waals surface area contributed by atoms with Gasteiger partial charge in [-0.2, -0.15) is 5.10 Å². The molecule has 0 aromatic carbocycles. The Morgan fingerprint density at radius 3 is 2.93 bits per heavy atom. The first-order valence-electron chi connectivity index (χ1n) is 4.88. The van der Waals surface area contributed by atoms with E-state index in [1.165, 1.54) is 11.3 Å². The van der Waals surface area contributed by atoms with Crippen LogP contribution in [-0.4, -0.2) is 14.3 Å². The molecule has 4 nitrogen and oxygen atoms in total. The maximum absolute atomic E-state index is 11.4. The summed E-state index contributed by atoms with van der Waals surface area (Å²) in [5.41, 5.74) is 2.07. The molecular formula is C10H13N3OS. The van der Waals surface area contributed by atoms with E-state index in [0.717, 1.165) is 17.9 Å². The summed E-state index contributed by atoms with van der Waals surface area (Å²) >= 11 is 1.22. The number of rotatable bonds is 3. The fourth-order valence-electron chi connectivity index (χ4n) is 1.58. The van der Waals surface area contributed by atoms with Crippen molar-refractivity contribution in [1.82, 2.24) is 14.3 Å². The average Bonchev–Trinajstić information content (AvgIpc) is 2.75. The summed E-state index contributed by atoms with van der Waals surface area (Å²) in [5.74, 6) is 0. The molecule has 2 rings (SSSR count). The molecule has 0 N–H and O–H groups in total. The van der Waals surface area contributed by atoms with Crippen molar-refractivity contribution in [3.63, 3.8) is 0 Å². The molecule has 0 saturated heterocycles. The molecule has 5 heteroatoms. The monoisotopic (exact) mass is 223 g/mol. The first-order valence-corrected chi connectivity index (χ1v) is 5.76. The van der Waals surface area contributed by atoms with Crippen LogP contribution in [0.3, 0.4) is 0 Å². The first kappa shape index (κ1) is 10.2. The van der Waals surface area contributed by atoms with Crippen molar-refractivity contribution in [1.29, 1.82) is 0 Å². The van der Waals surface area contributed by atoms with Crippen molar-refractivity contribution in [2.45, 2.75) is 26.9 Å². The van der Waals surface area contributed by atoms with Gasteiger partial charge in [-0.3, -0.25) is 14.0 Å². The van der Waals surface area contributed by atoms with Crippen LogP contribution < -0.4 is 4.87 Å². The van der Waals surface area contributed by atoms with Gasteiger partial charge < -0.3 is 0 Å². The van der Waals surface area contributed by atoms with Gasteiger partial charge in [0.05, 0.1) is 17.9 Å². The highest BCUT2D eigenvalue weighted by Crippen LogP contribution is 2.05. The first-order chi connectivity index (χ1) is 7.20. The largest absolute Gasteiger partial charge is 0.307 e. The topological polar surface area (TPSA) is 39.8 Å². The van der Waals surface area contributed by atoms with Gasteiger partial charge >= 0.3 is 4.87 Å². The SMILES string of the molecule is CCn1nc(C)cc1Cn1ccsc1=O. The van der Waals surface area contributed by atoms with E-state index in [1.54, 1.807) is 4.57 Å². The lowest BCUT2D eigenvalue weighted by atomic mass is 10.3. The average molecular weight is 223 g/mol. The van der Waals surface area contributed by atoms with Gasteiger partial charge in [0.25, 0.3) is 0 Å². The van der Waals surface area contributed by atoms with E-state index in [4.69, 9.17) is 0 Å². The normalized spacial score (nSPS) is 10.8. The molecule has 0 saturated carbocycles. The quantitative estimate of drug-likeness (QED) is 0.790. The predicted molar refractivity (Wildman–Crippen MR) is 60.3 cm³/mol. The van der Waals surface area contributed by atoms with E-state index in [-0.39, 0.29) is 4.87 Å². The van der Waals surface area contributed by atoms with E-state index in [2.05, 4.69) is 5.10 Å². The minimum atomic E-state index is 0.0801. The smallest absolute Gasteiger partial charge is 0.300 e. The summed E-state index contributed by atoms with van der Waals surface area (Å²) in [4.78, 5) is 11.5. The molecular weight excluding hydrogens is 210 g/mol. The molecule has 2 aromatic heterocycles. The Hall–Kier alpha value is -1.36. The molecule has 0 amide bonds. The summed E-state index contributed by atoms with van der Waals surface area (Å²) in [6.07, 6.45) is 1.81. The van der Waals surface area contributed by atoms with Crippen LogP contribution in [0.4, 0.5) is 0 Å². The second-order valence-electron chi connectivity index (χ2n) is 3.39. The van der Waals surface area contributed by atoms with Crippen molar-refractivity contribution < 1.29 is 0 Å². The van der Waals surface area contributed by atoms with E-state index >= 15 is 0 Å². The zero-order valence-corrected chi connectivity index (χ0v) is 9.62. The van der Waals surface area contributed by atoms with Gasteiger partial charge in [-0.25, -0.2) is 0 Å². The number of aromatic nitrogens is 3. The second-order valence-corrected chi connectivity index (χ2v) is 4.25. The van der Waals surface area contributed by atoms with Crippen molar-refractivity contribution in [3.8, 4) is 0 Å². The van der Waals surface area contributed by atoms with Gasteiger partial charge in [-0.05, 0) is 19.9 Å². The van der Waals surface area contributed by atoms with Crippen LogP contribution in [0.2, 0.25) is 0 Å². The summed E-state index contributed by atoms with van der Waals surface area (Å²) < 4.78 is 3.63. The second kappa shape index (κ2) is 4.02. The van der Waals surface area contributed by atoms with Gasteiger partial charge in [0.2, 0.25) is 0 Å². The molecule has 0 spiro atoms. The number of hydrogen-bond donors (Lipinski definition) is 0. The lowest BCUT2D eigenvalue weighted by molar-refractivity contribution is 0.595. The van der Waals surface area contributed by atoms with Gasteiger partial charge in [0.1, 0.15) is 0 Å². The third kappa shape index (κ3) is 2.02.